The Morgan fingerprint density at radius 3 is 2.30 bits per heavy atom. The van der Waals surface area contributed by atoms with E-state index in [9.17, 15) is 15.0 Å². The number of carbonyl (C=O) groups is 1. The van der Waals surface area contributed by atoms with Gasteiger partial charge in [-0.2, -0.15) is 0 Å². The Morgan fingerprint density at radius 1 is 1.22 bits per heavy atom. The number of aliphatic carboxylic acids is 1. The molecule has 2 rings (SSSR count). The van der Waals surface area contributed by atoms with Crippen molar-refractivity contribution in [3.8, 4) is 0 Å². The molecule has 0 aromatic carbocycles. The van der Waals surface area contributed by atoms with Crippen LogP contribution in [0.5, 0.6) is 0 Å². The van der Waals surface area contributed by atoms with Crippen LogP contribution in [-0.4, -0.2) is 50.7 Å². The summed E-state index contributed by atoms with van der Waals surface area (Å²) < 4.78 is 11.8. The zero-order chi connectivity index (χ0) is 17.4. The van der Waals surface area contributed by atoms with Crippen LogP contribution in [0.15, 0.2) is 18.5 Å². The van der Waals surface area contributed by atoms with E-state index in [2.05, 4.69) is 4.98 Å². The summed E-state index contributed by atoms with van der Waals surface area (Å²) in [5.41, 5.74) is -0.0989. The average molecular weight is 323 g/mol. The van der Waals surface area contributed by atoms with Crippen molar-refractivity contribution in [3.05, 3.63) is 24.0 Å². The Labute approximate surface area is 135 Å². The van der Waals surface area contributed by atoms with Crippen molar-refractivity contribution < 1.29 is 29.4 Å². The van der Waals surface area contributed by atoms with Gasteiger partial charge in [-0.3, -0.25) is 9.78 Å². The highest BCUT2D eigenvalue weighted by atomic mass is 16.7. The van der Waals surface area contributed by atoms with E-state index in [1.807, 2.05) is 27.7 Å². The van der Waals surface area contributed by atoms with E-state index < -0.39 is 42.9 Å². The van der Waals surface area contributed by atoms with Crippen LogP contribution in [0.3, 0.4) is 0 Å². The predicted octanol–water partition coefficient (Wildman–Crippen LogP) is 0.250. The predicted molar refractivity (Wildman–Crippen MR) is 83.2 cm³/mol. The highest BCUT2D eigenvalue weighted by molar-refractivity contribution is 6.62. The number of hydrogen-bond donors (Lipinski definition) is 3. The number of pyridine rings is 1. The molecule has 0 saturated carbocycles. The van der Waals surface area contributed by atoms with E-state index in [0.717, 1.165) is 0 Å². The zero-order valence-electron chi connectivity index (χ0n) is 13.7. The lowest BCUT2D eigenvalue weighted by Gasteiger charge is -2.32. The summed E-state index contributed by atoms with van der Waals surface area (Å²) in [6, 6.07) is 1.60. The third-order valence-electron chi connectivity index (χ3n) is 4.40. The fourth-order valence-electron chi connectivity index (χ4n) is 2.26. The Kier molecular flexibility index (Phi) is 4.82. The van der Waals surface area contributed by atoms with E-state index in [4.69, 9.17) is 14.4 Å². The number of aromatic nitrogens is 1. The molecule has 0 spiro atoms. The number of carboxylic acids is 1. The molecule has 1 aromatic rings. The maximum absolute atomic E-state index is 10.6. The van der Waals surface area contributed by atoms with Gasteiger partial charge in [0.2, 0.25) is 0 Å². The molecule has 0 amide bonds. The van der Waals surface area contributed by atoms with Gasteiger partial charge in [-0.1, -0.05) is 6.07 Å². The Morgan fingerprint density at radius 2 is 1.78 bits per heavy atom. The Bertz CT molecular complexity index is 575. The first-order valence-electron chi connectivity index (χ1n) is 7.42. The maximum atomic E-state index is 10.6. The standard InChI is InChI=1S/C15H22BNO6/c1-14(2)15(3,4)23-16(22-14)10-5-9(7-17-8-10)13(21)11(18)6-12(19)20/h5,7-8,11,13,18,21H,6H2,1-4H3,(H,19,20). The van der Waals surface area contributed by atoms with Gasteiger partial charge in [0.15, 0.2) is 0 Å². The molecular weight excluding hydrogens is 301 g/mol. The summed E-state index contributed by atoms with van der Waals surface area (Å²) in [5, 5.41) is 28.5. The number of aliphatic hydroxyl groups is 2. The van der Waals surface area contributed by atoms with Crippen LogP contribution < -0.4 is 5.46 Å². The van der Waals surface area contributed by atoms with Gasteiger partial charge < -0.3 is 24.6 Å². The van der Waals surface area contributed by atoms with E-state index in [0.29, 0.717) is 11.0 Å². The van der Waals surface area contributed by atoms with Gasteiger partial charge in [0.1, 0.15) is 6.10 Å². The van der Waals surface area contributed by atoms with Crippen molar-refractivity contribution in [1.82, 2.24) is 4.98 Å². The maximum Gasteiger partial charge on any atom is 0.496 e. The molecular formula is C15H22BNO6. The van der Waals surface area contributed by atoms with Crippen LogP contribution in [0, 0.1) is 0 Å². The van der Waals surface area contributed by atoms with Gasteiger partial charge in [0, 0.05) is 23.4 Å². The van der Waals surface area contributed by atoms with Gasteiger partial charge in [0.25, 0.3) is 0 Å². The highest BCUT2D eigenvalue weighted by Crippen LogP contribution is 2.36. The molecule has 1 aliphatic rings. The quantitative estimate of drug-likeness (QED) is 0.666. The number of aliphatic hydroxyl groups excluding tert-OH is 2. The van der Waals surface area contributed by atoms with Crippen LogP contribution in [0.2, 0.25) is 0 Å². The molecule has 1 fully saturated rings. The molecule has 2 heterocycles. The monoisotopic (exact) mass is 323 g/mol. The second kappa shape index (κ2) is 6.20. The molecule has 0 aliphatic carbocycles. The van der Waals surface area contributed by atoms with Crippen LogP contribution in [0.4, 0.5) is 0 Å². The molecule has 126 valence electrons. The summed E-state index contributed by atoms with van der Waals surface area (Å²) in [7, 11) is -0.642. The number of nitrogens with zero attached hydrogens (tertiary/aromatic N) is 1. The molecule has 23 heavy (non-hydrogen) atoms. The van der Waals surface area contributed by atoms with Gasteiger partial charge in [-0.05, 0) is 27.7 Å². The zero-order valence-corrected chi connectivity index (χ0v) is 13.7. The van der Waals surface area contributed by atoms with E-state index >= 15 is 0 Å². The lowest BCUT2D eigenvalue weighted by molar-refractivity contribution is -0.141. The molecule has 2 unspecified atom stereocenters. The summed E-state index contributed by atoms with van der Waals surface area (Å²) in [5.74, 6) is -1.19. The Hall–Kier alpha value is -1.48. The number of hydrogen-bond acceptors (Lipinski definition) is 6. The summed E-state index contributed by atoms with van der Waals surface area (Å²) in [6.45, 7) is 7.71. The topological polar surface area (TPSA) is 109 Å². The normalized spacial score (nSPS) is 21.9. The third kappa shape index (κ3) is 3.72. The molecule has 2 atom stereocenters. The number of rotatable bonds is 5. The SMILES string of the molecule is CC1(C)OB(c2cncc(C(O)C(O)CC(=O)O)c2)OC1(C)C. The highest BCUT2D eigenvalue weighted by Gasteiger charge is 2.51. The second-order valence-electron chi connectivity index (χ2n) is 6.75. The Balaban J connectivity index is 2.19. The average Bonchev–Trinajstić information content (AvgIpc) is 2.66. The minimum Gasteiger partial charge on any atom is -0.481 e. The molecule has 1 saturated heterocycles. The van der Waals surface area contributed by atoms with Gasteiger partial charge in [-0.25, -0.2) is 0 Å². The van der Waals surface area contributed by atoms with Crippen molar-refractivity contribution >= 4 is 18.6 Å². The molecule has 1 aromatic heterocycles. The third-order valence-corrected chi connectivity index (χ3v) is 4.40. The van der Waals surface area contributed by atoms with E-state index in [1.54, 1.807) is 12.3 Å². The smallest absolute Gasteiger partial charge is 0.481 e. The van der Waals surface area contributed by atoms with E-state index in [-0.39, 0.29) is 0 Å². The van der Waals surface area contributed by atoms with Crippen molar-refractivity contribution in [2.45, 2.75) is 57.5 Å². The minimum absolute atomic E-state index is 0.311. The van der Waals surface area contributed by atoms with Crippen molar-refractivity contribution in [3.63, 3.8) is 0 Å². The van der Waals surface area contributed by atoms with Crippen molar-refractivity contribution in [2.24, 2.45) is 0 Å². The fourth-order valence-corrected chi connectivity index (χ4v) is 2.26. The first-order valence-corrected chi connectivity index (χ1v) is 7.42. The largest absolute Gasteiger partial charge is 0.496 e. The number of carboxylic acid groups (broad SMARTS) is 1. The van der Waals surface area contributed by atoms with Crippen LogP contribution in [-0.2, 0) is 14.1 Å². The fraction of sp³-hybridized carbons (Fsp3) is 0.600. The minimum atomic E-state index is -1.41. The molecule has 1 aliphatic heterocycles. The van der Waals surface area contributed by atoms with Gasteiger partial charge in [-0.15, -0.1) is 0 Å². The molecule has 3 N–H and O–H groups in total. The van der Waals surface area contributed by atoms with Crippen LogP contribution >= 0.6 is 0 Å². The van der Waals surface area contributed by atoms with Crippen molar-refractivity contribution in [2.75, 3.05) is 0 Å². The van der Waals surface area contributed by atoms with Crippen LogP contribution in [0.25, 0.3) is 0 Å². The van der Waals surface area contributed by atoms with Gasteiger partial charge in [0.05, 0.1) is 23.7 Å². The molecule has 8 heteroatoms. The first-order chi connectivity index (χ1) is 10.5. The first kappa shape index (κ1) is 17.9. The van der Waals surface area contributed by atoms with Crippen LogP contribution in [0.1, 0.15) is 45.8 Å². The van der Waals surface area contributed by atoms with E-state index in [1.165, 1.54) is 6.20 Å². The molecule has 0 bridgehead atoms. The molecule has 7 nitrogen and oxygen atoms in total. The summed E-state index contributed by atoms with van der Waals surface area (Å²) in [4.78, 5) is 14.7. The molecule has 0 radical (unpaired) electrons. The second-order valence-corrected chi connectivity index (χ2v) is 6.75. The summed E-state index contributed by atoms with van der Waals surface area (Å²) >= 11 is 0. The van der Waals surface area contributed by atoms with Crippen molar-refractivity contribution in [1.29, 1.82) is 0 Å². The van der Waals surface area contributed by atoms with Gasteiger partial charge >= 0.3 is 13.1 Å². The lowest BCUT2D eigenvalue weighted by atomic mass is 9.79. The lowest BCUT2D eigenvalue weighted by Crippen LogP contribution is -2.41. The summed E-state index contributed by atoms with van der Waals surface area (Å²) in [6.07, 6.45) is -0.377.